The zero-order valence-electron chi connectivity index (χ0n) is 17.0. The molecule has 0 aliphatic carbocycles. The van der Waals surface area contributed by atoms with E-state index < -0.39 is 6.36 Å². The summed E-state index contributed by atoms with van der Waals surface area (Å²) in [4.78, 5) is 14.5. The van der Waals surface area contributed by atoms with Crippen LogP contribution >= 0.6 is 0 Å². The second-order valence-corrected chi connectivity index (χ2v) is 7.10. The van der Waals surface area contributed by atoms with Gasteiger partial charge in [0.15, 0.2) is 0 Å². The third kappa shape index (κ3) is 8.47. The molecule has 0 aromatic heterocycles. The molecule has 168 valence electrons. The van der Waals surface area contributed by atoms with Crippen molar-refractivity contribution in [2.24, 2.45) is 0 Å². The van der Waals surface area contributed by atoms with Crippen molar-refractivity contribution in [2.75, 3.05) is 44.8 Å². The SMILES string of the molecule is O=C(Cc1ccc(OC(F)(F)F)cc1)Nc1ccc(OCCCN2CCOCC2)cc1. The monoisotopic (exact) mass is 438 g/mol. The molecule has 2 aromatic rings. The highest BCUT2D eigenvalue weighted by Gasteiger charge is 2.30. The van der Waals surface area contributed by atoms with Gasteiger partial charge in [-0.1, -0.05) is 12.1 Å². The molecule has 0 unspecified atom stereocenters. The average Bonchev–Trinajstić information content (AvgIpc) is 2.73. The number of alkyl halides is 3. The number of carbonyl (C=O) groups is 1. The minimum absolute atomic E-state index is 0.0338. The summed E-state index contributed by atoms with van der Waals surface area (Å²) in [5.74, 6) is 0.126. The van der Waals surface area contributed by atoms with Gasteiger partial charge in [0.1, 0.15) is 11.5 Å². The number of hydrogen-bond donors (Lipinski definition) is 1. The molecular formula is C22H25F3N2O4. The Hall–Kier alpha value is -2.78. The number of nitrogens with one attached hydrogen (secondary N) is 1. The van der Waals surface area contributed by atoms with Crippen LogP contribution in [0.3, 0.4) is 0 Å². The minimum Gasteiger partial charge on any atom is -0.494 e. The Kier molecular flexibility index (Phi) is 8.13. The Labute approximate surface area is 178 Å². The van der Waals surface area contributed by atoms with E-state index in [-0.39, 0.29) is 18.1 Å². The first-order chi connectivity index (χ1) is 14.9. The molecule has 0 bridgehead atoms. The third-order valence-electron chi connectivity index (χ3n) is 4.65. The molecule has 1 saturated heterocycles. The first-order valence-electron chi connectivity index (χ1n) is 10.0. The topological polar surface area (TPSA) is 60.0 Å². The highest BCUT2D eigenvalue weighted by atomic mass is 19.4. The van der Waals surface area contributed by atoms with E-state index in [4.69, 9.17) is 9.47 Å². The lowest BCUT2D eigenvalue weighted by Gasteiger charge is -2.26. The van der Waals surface area contributed by atoms with Gasteiger partial charge in [-0.05, 0) is 48.4 Å². The average molecular weight is 438 g/mol. The Morgan fingerprint density at radius 1 is 1.00 bits per heavy atom. The van der Waals surface area contributed by atoms with Crippen LogP contribution in [0, 0.1) is 0 Å². The summed E-state index contributed by atoms with van der Waals surface area (Å²) >= 11 is 0. The number of nitrogens with zero attached hydrogens (tertiary/aromatic N) is 1. The van der Waals surface area contributed by atoms with Crippen molar-refractivity contribution in [1.29, 1.82) is 0 Å². The van der Waals surface area contributed by atoms with E-state index in [0.29, 0.717) is 17.9 Å². The maximum Gasteiger partial charge on any atom is 0.573 e. The van der Waals surface area contributed by atoms with Crippen LogP contribution in [-0.4, -0.2) is 56.6 Å². The summed E-state index contributed by atoms with van der Waals surface area (Å²) in [6, 6.07) is 12.3. The highest BCUT2D eigenvalue weighted by molar-refractivity contribution is 5.92. The van der Waals surface area contributed by atoms with Crippen LogP contribution in [0.2, 0.25) is 0 Å². The van der Waals surface area contributed by atoms with E-state index in [1.807, 2.05) is 0 Å². The molecule has 0 atom stereocenters. The zero-order valence-corrected chi connectivity index (χ0v) is 17.0. The fourth-order valence-electron chi connectivity index (χ4n) is 3.14. The third-order valence-corrected chi connectivity index (χ3v) is 4.65. The van der Waals surface area contributed by atoms with Gasteiger partial charge in [0.25, 0.3) is 0 Å². The second kappa shape index (κ2) is 11.0. The van der Waals surface area contributed by atoms with Crippen LogP contribution in [0.4, 0.5) is 18.9 Å². The molecule has 1 heterocycles. The van der Waals surface area contributed by atoms with Crippen LogP contribution in [0.25, 0.3) is 0 Å². The first kappa shape index (κ1) is 22.9. The smallest absolute Gasteiger partial charge is 0.494 e. The van der Waals surface area contributed by atoms with Gasteiger partial charge in [-0.3, -0.25) is 9.69 Å². The van der Waals surface area contributed by atoms with E-state index in [2.05, 4.69) is 15.0 Å². The second-order valence-electron chi connectivity index (χ2n) is 7.10. The Morgan fingerprint density at radius 2 is 1.65 bits per heavy atom. The molecular weight excluding hydrogens is 413 g/mol. The van der Waals surface area contributed by atoms with Crippen molar-refractivity contribution >= 4 is 11.6 Å². The molecule has 0 spiro atoms. The van der Waals surface area contributed by atoms with E-state index >= 15 is 0 Å². The van der Waals surface area contributed by atoms with Crippen LogP contribution in [0.15, 0.2) is 48.5 Å². The van der Waals surface area contributed by atoms with Gasteiger partial charge < -0.3 is 19.5 Å². The van der Waals surface area contributed by atoms with Gasteiger partial charge >= 0.3 is 6.36 Å². The Bertz CT molecular complexity index is 820. The van der Waals surface area contributed by atoms with E-state index in [1.165, 1.54) is 24.3 Å². The zero-order chi connectivity index (χ0) is 22.1. The molecule has 2 aromatic carbocycles. The van der Waals surface area contributed by atoms with Gasteiger partial charge in [0.05, 0.1) is 26.2 Å². The molecule has 9 heteroatoms. The summed E-state index contributed by atoms with van der Waals surface area (Å²) in [6.45, 7) is 5.06. The van der Waals surface area contributed by atoms with Crippen molar-refractivity contribution in [1.82, 2.24) is 4.90 Å². The summed E-state index contributed by atoms with van der Waals surface area (Å²) in [5.41, 5.74) is 1.19. The highest BCUT2D eigenvalue weighted by Crippen LogP contribution is 2.23. The van der Waals surface area contributed by atoms with E-state index in [1.54, 1.807) is 24.3 Å². The molecule has 1 amide bonds. The number of morpholine rings is 1. The Morgan fingerprint density at radius 3 is 2.29 bits per heavy atom. The van der Waals surface area contributed by atoms with E-state index in [9.17, 15) is 18.0 Å². The van der Waals surface area contributed by atoms with Gasteiger partial charge in [-0.15, -0.1) is 13.2 Å². The summed E-state index contributed by atoms with van der Waals surface area (Å²) in [7, 11) is 0. The first-order valence-corrected chi connectivity index (χ1v) is 10.0. The number of benzene rings is 2. The lowest BCUT2D eigenvalue weighted by molar-refractivity contribution is -0.274. The summed E-state index contributed by atoms with van der Waals surface area (Å²) in [5, 5.41) is 2.76. The number of halogens is 3. The molecule has 0 saturated carbocycles. The fraction of sp³-hybridized carbons (Fsp3) is 0.409. The number of amides is 1. The predicted molar refractivity (Wildman–Crippen MR) is 109 cm³/mol. The quantitative estimate of drug-likeness (QED) is 0.603. The van der Waals surface area contributed by atoms with Crippen LogP contribution in [0.1, 0.15) is 12.0 Å². The normalized spacial score (nSPS) is 14.8. The Balaban J connectivity index is 1.38. The van der Waals surface area contributed by atoms with Crippen molar-refractivity contribution < 1.29 is 32.2 Å². The van der Waals surface area contributed by atoms with Gasteiger partial charge in [0.2, 0.25) is 5.91 Å². The molecule has 1 aliphatic heterocycles. The maximum absolute atomic E-state index is 12.2. The lowest BCUT2D eigenvalue weighted by Crippen LogP contribution is -2.37. The molecule has 1 fully saturated rings. The fourth-order valence-corrected chi connectivity index (χ4v) is 3.14. The minimum atomic E-state index is -4.74. The lowest BCUT2D eigenvalue weighted by atomic mass is 10.1. The number of rotatable bonds is 9. The van der Waals surface area contributed by atoms with Gasteiger partial charge in [-0.25, -0.2) is 0 Å². The van der Waals surface area contributed by atoms with Crippen molar-refractivity contribution in [3.8, 4) is 11.5 Å². The van der Waals surface area contributed by atoms with Crippen LogP contribution in [0.5, 0.6) is 11.5 Å². The van der Waals surface area contributed by atoms with Crippen molar-refractivity contribution in [3.63, 3.8) is 0 Å². The van der Waals surface area contributed by atoms with Crippen molar-refractivity contribution in [2.45, 2.75) is 19.2 Å². The number of anilines is 1. The van der Waals surface area contributed by atoms with Crippen molar-refractivity contribution in [3.05, 3.63) is 54.1 Å². The van der Waals surface area contributed by atoms with E-state index in [0.717, 1.165) is 45.0 Å². The molecule has 1 aliphatic rings. The van der Waals surface area contributed by atoms with Crippen LogP contribution < -0.4 is 14.8 Å². The molecule has 31 heavy (non-hydrogen) atoms. The molecule has 1 N–H and O–H groups in total. The standard InChI is InChI=1S/C22H25F3N2O4/c23-22(24,25)31-20-6-2-17(3-7-20)16-21(28)26-18-4-8-19(9-5-18)30-13-1-10-27-11-14-29-15-12-27/h2-9H,1,10-16H2,(H,26,28). The van der Waals surface area contributed by atoms with Gasteiger partial charge in [-0.2, -0.15) is 0 Å². The van der Waals surface area contributed by atoms with Gasteiger partial charge in [0, 0.05) is 25.3 Å². The predicted octanol–water partition coefficient (Wildman–Crippen LogP) is 3.87. The summed E-state index contributed by atoms with van der Waals surface area (Å²) < 4.78 is 51.4. The largest absolute Gasteiger partial charge is 0.573 e. The molecule has 6 nitrogen and oxygen atoms in total. The number of ether oxygens (including phenoxy) is 3. The van der Waals surface area contributed by atoms with Crippen LogP contribution in [-0.2, 0) is 16.0 Å². The summed E-state index contributed by atoms with van der Waals surface area (Å²) in [6.07, 6.45) is -3.78. The number of carbonyl (C=O) groups excluding carboxylic acids is 1. The molecule has 3 rings (SSSR count). The molecule has 0 radical (unpaired) electrons. The number of hydrogen-bond acceptors (Lipinski definition) is 5. The maximum atomic E-state index is 12.2.